The lowest BCUT2D eigenvalue weighted by Gasteiger charge is -2.21. The van der Waals surface area contributed by atoms with E-state index in [-0.39, 0.29) is 5.91 Å². The van der Waals surface area contributed by atoms with Crippen LogP contribution in [0.4, 0.5) is 5.69 Å². The number of rotatable bonds is 4. The minimum absolute atomic E-state index is 0.297. The molecule has 1 unspecified atom stereocenters. The molecular weight excluding hydrogens is 292 g/mol. The Kier molecular flexibility index (Phi) is 5.11. The lowest BCUT2D eigenvalue weighted by Crippen LogP contribution is -2.37. The number of esters is 1. The highest BCUT2D eigenvalue weighted by molar-refractivity contribution is 5.98. The molecule has 1 amide bonds. The number of hydrogen-bond acceptors (Lipinski definition) is 4. The molecule has 0 aliphatic rings. The van der Waals surface area contributed by atoms with E-state index in [2.05, 4.69) is 0 Å². The molecular formula is C18H16N2O3. The fourth-order valence-electron chi connectivity index (χ4n) is 2.01. The van der Waals surface area contributed by atoms with E-state index in [1.807, 2.05) is 24.3 Å². The largest absolute Gasteiger partial charge is 0.449 e. The van der Waals surface area contributed by atoms with Gasteiger partial charge in [-0.3, -0.25) is 4.79 Å². The van der Waals surface area contributed by atoms with Crippen LogP contribution in [0.15, 0.2) is 54.6 Å². The Morgan fingerprint density at radius 3 is 2.26 bits per heavy atom. The van der Waals surface area contributed by atoms with Crippen LogP contribution in [0.25, 0.3) is 0 Å². The number of ether oxygens (including phenoxy) is 1. The van der Waals surface area contributed by atoms with Crippen molar-refractivity contribution in [1.82, 2.24) is 0 Å². The van der Waals surface area contributed by atoms with Gasteiger partial charge in [-0.2, -0.15) is 5.26 Å². The fourth-order valence-corrected chi connectivity index (χ4v) is 2.01. The highest BCUT2D eigenvalue weighted by atomic mass is 16.5. The Morgan fingerprint density at radius 2 is 1.70 bits per heavy atom. The van der Waals surface area contributed by atoms with E-state index < -0.39 is 12.1 Å². The van der Waals surface area contributed by atoms with Gasteiger partial charge >= 0.3 is 5.97 Å². The fraction of sp³-hybridized carbons (Fsp3) is 0.167. The second-order valence-electron chi connectivity index (χ2n) is 4.97. The Balaban J connectivity index is 2.02. The summed E-state index contributed by atoms with van der Waals surface area (Å²) in [6.45, 7) is 1.53. The summed E-state index contributed by atoms with van der Waals surface area (Å²) >= 11 is 0. The molecule has 0 aliphatic carbocycles. The first kappa shape index (κ1) is 16.2. The number of nitriles is 1. The molecule has 23 heavy (non-hydrogen) atoms. The number of amides is 1. The second kappa shape index (κ2) is 7.23. The van der Waals surface area contributed by atoms with E-state index in [0.717, 1.165) is 5.69 Å². The average molecular weight is 308 g/mol. The summed E-state index contributed by atoms with van der Waals surface area (Å²) in [4.78, 5) is 25.8. The first-order valence-corrected chi connectivity index (χ1v) is 7.06. The normalized spacial score (nSPS) is 11.2. The quantitative estimate of drug-likeness (QED) is 0.814. The zero-order valence-corrected chi connectivity index (χ0v) is 12.9. The molecule has 0 bridgehead atoms. The number of carbonyl (C=O) groups is 2. The van der Waals surface area contributed by atoms with Gasteiger partial charge in [-0.25, -0.2) is 4.79 Å². The third-order valence-corrected chi connectivity index (χ3v) is 3.36. The molecule has 0 fully saturated rings. The minimum Gasteiger partial charge on any atom is -0.449 e. The van der Waals surface area contributed by atoms with Crippen LogP contribution in [0.1, 0.15) is 22.8 Å². The number of carbonyl (C=O) groups excluding carboxylic acids is 2. The lowest BCUT2D eigenvalue weighted by atomic mass is 10.1. The number of benzene rings is 2. The van der Waals surface area contributed by atoms with Gasteiger partial charge in [0, 0.05) is 12.7 Å². The molecule has 2 rings (SSSR count). The van der Waals surface area contributed by atoms with Crippen LogP contribution in [-0.4, -0.2) is 25.0 Å². The Morgan fingerprint density at radius 1 is 1.09 bits per heavy atom. The molecule has 116 valence electrons. The van der Waals surface area contributed by atoms with Crippen molar-refractivity contribution in [2.75, 3.05) is 11.9 Å². The summed E-state index contributed by atoms with van der Waals surface area (Å²) in [7, 11) is 1.63. The van der Waals surface area contributed by atoms with Crippen LogP contribution in [0.3, 0.4) is 0 Å². The van der Waals surface area contributed by atoms with E-state index in [4.69, 9.17) is 10.00 Å². The summed E-state index contributed by atoms with van der Waals surface area (Å²) < 4.78 is 5.20. The van der Waals surface area contributed by atoms with Gasteiger partial charge in [-0.15, -0.1) is 0 Å². The highest BCUT2D eigenvalue weighted by Gasteiger charge is 2.23. The SMILES string of the molecule is CC(OC(=O)c1ccc(C#N)cc1)C(=O)N(C)c1ccccc1. The molecule has 0 aliphatic heterocycles. The third kappa shape index (κ3) is 3.95. The minimum atomic E-state index is -0.914. The van der Waals surface area contributed by atoms with Crippen molar-refractivity contribution in [2.24, 2.45) is 0 Å². The molecule has 0 saturated heterocycles. The van der Waals surface area contributed by atoms with E-state index in [1.54, 1.807) is 19.2 Å². The summed E-state index contributed by atoms with van der Waals surface area (Å²) in [6.07, 6.45) is -0.914. The van der Waals surface area contributed by atoms with Crippen molar-refractivity contribution >= 4 is 17.6 Å². The molecule has 0 spiro atoms. The number of nitrogens with zero attached hydrogens (tertiary/aromatic N) is 2. The summed E-state index contributed by atoms with van der Waals surface area (Å²) in [5.74, 6) is -0.921. The Hall–Kier alpha value is -3.13. The van der Waals surface area contributed by atoms with E-state index in [9.17, 15) is 9.59 Å². The van der Waals surface area contributed by atoms with Crippen LogP contribution in [0.2, 0.25) is 0 Å². The molecule has 0 radical (unpaired) electrons. The van der Waals surface area contributed by atoms with Gasteiger partial charge in [0.2, 0.25) is 0 Å². The van der Waals surface area contributed by atoms with Crippen molar-refractivity contribution in [3.8, 4) is 6.07 Å². The van der Waals surface area contributed by atoms with Gasteiger partial charge in [0.15, 0.2) is 6.10 Å². The first-order chi connectivity index (χ1) is 11.0. The molecule has 5 heteroatoms. The molecule has 1 atom stereocenters. The molecule has 0 aromatic heterocycles. The van der Waals surface area contributed by atoms with Gasteiger partial charge in [0.25, 0.3) is 5.91 Å². The van der Waals surface area contributed by atoms with Crippen LogP contribution in [-0.2, 0) is 9.53 Å². The first-order valence-electron chi connectivity index (χ1n) is 7.06. The summed E-state index contributed by atoms with van der Waals surface area (Å²) in [5.41, 5.74) is 1.47. The van der Waals surface area contributed by atoms with Crippen molar-refractivity contribution < 1.29 is 14.3 Å². The smallest absolute Gasteiger partial charge is 0.338 e. The van der Waals surface area contributed by atoms with Gasteiger partial charge in [0.1, 0.15) is 0 Å². The van der Waals surface area contributed by atoms with Crippen molar-refractivity contribution in [1.29, 1.82) is 5.26 Å². The third-order valence-electron chi connectivity index (χ3n) is 3.36. The molecule has 5 nitrogen and oxygen atoms in total. The monoisotopic (exact) mass is 308 g/mol. The van der Waals surface area contributed by atoms with Crippen LogP contribution < -0.4 is 4.90 Å². The van der Waals surface area contributed by atoms with Gasteiger partial charge in [-0.1, -0.05) is 18.2 Å². The molecule has 0 saturated carbocycles. The highest BCUT2D eigenvalue weighted by Crippen LogP contribution is 2.14. The Labute approximate surface area is 134 Å². The number of anilines is 1. The molecule has 0 heterocycles. The maximum Gasteiger partial charge on any atom is 0.338 e. The maximum absolute atomic E-state index is 12.3. The maximum atomic E-state index is 12.3. The number of para-hydroxylation sites is 1. The lowest BCUT2D eigenvalue weighted by molar-refractivity contribution is -0.126. The molecule has 2 aromatic rings. The number of likely N-dealkylation sites (N-methyl/N-ethyl adjacent to an activating group) is 1. The topological polar surface area (TPSA) is 70.4 Å². The van der Waals surface area contributed by atoms with Gasteiger partial charge in [-0.05, 0) is 43.3 Å². The average Bonchev–Trinajstić information content (AvgIpc) is 2.61. The molecule has 0 N–H and O–H groups in total. The standard InChI is InChI=1S/C18H16N2O3/c1-13(17(21)20(2)16-6-4-3-5-7-16)23-18(22)15-10-8-14(12-19)9-11-15/h3-11,13H,1-2H3. The number of hydrogen-bond donors (Lipinski definition) is 0. The van der Waals surface area contributed by atoms with Crippen molar-refractivity contribution in [3.05, 3.63) is 65.7 Å². The van der Waals surface area contributed by atoms with Crippen molar-refractivity contribution in [3.63, 3.8) is 0 Å². The van der Waals surface area contributed by atoms with Crippen LogP contribution in [0.5, 0.6) is 0 Å². The van der Waals surface area contributed by atoms with Gasteiger partial charge in [0.05, 0.1) is 17.2 Å². The van der Waals surface area contributed by atoms with Gasteiger partial charge < -0.3 is 9.64 Å². The predicted molar refractivity (Wildman–Crippen MR) is 85.9 cm³/mol. The summed E-state index contributed by atoms with van der Waals surface area (Å²) in [6, 6.07) is 17.1. The Bertz CT molecular complexity index is 733. The van der Waals surface area contributed by atoms with E-state index in [1.165, 1.54) is 36.1 Å². The zero-order valence-electron chi connectivity index (χ0n) is 12.9. The summed E-state index contributed by atoms with van der Waals surface area (Å²) in [5, 5.41) is 8.74. The van der Waals surface area contributed by atoms with Crippen LogP contribution >= 0.6 is 0 Å². The zero-order chi connectivity index (χ0) is 16.8. The van der Waals surface area contributed by atoms with Crippen molar-refractivity contribution in [2.45, 2.75) is 13.0 Å². The van der Waals surface area contributed by atoms with E-state index >= 15 is 0 Å². The molecule has 2 aromatic carbocycles. The van der Waals surface area contributed by atoms with E-state index in [0.29, 0.717) is 11.1 Å². The van der Waals surface area contributed by atoms with Crippen LogP contribution in [0, 0.1) is 11.3 Å². The second-order valence-corrected chi connectivity index (χ2v) is 4.97. The predicted octanol–water partition coefficient (Wildman–Crippen LogP) is 2.77.